The Morgan fingerprint density at radius 2 is 0.786 bits per heavy atom. The van der Waals surface area contributed by atoms with E-state index in [9.17, 15) is 28.8 Å². The molecule has 0 atom stereocenters. The maximum Gasteiger partial charge on any atom is 0.343 e. The van der Waals surface area contributed by atoms with Crippen molar-refractivity contribution < 1.29 is 38.2 Å². The third-order valence-corrected chi connectivity index (χ3v) is 6.59. The summed E-state index contributed by atoms with van der Waals surface area (Å²) in [6.07, 6.45) is 4.69. The Morgan fingerprint density at radius 1 is 0.452 bits per heavy atom. The summed E-state index contributed by atoms with van der Waals surface area (Å²) in [6.45, 7) is 0. The maximum atomic E-state index is 12.9. The highest BCUT2D eigenvalue weighted by Gasteiger charge is 2.26. The number of carbonyl (C=O) groups is 6. The van der Waals surface area contributed by atoms with Gasteiger partial charge < -0.3 is 9.47 Å². The van der Waals surface area contributed by atoms with Gasteiger partial charge in [-0.1, -0.05) is 24.3 Å². The molecule has 10 heteroatoms. The van der Waals surface area contributed by atoms with Crippen molar-refractivity contribution in [1.82, 2.24) is 0 Å². The minimum atomic E-state index is -0.668. The SMILES string of the molecule is O=C(Oc1cccc2c(OC(=O)c3ccc(N4C(=O)C=CC4=O)cc3)cccc12)c1ccc(N2C(=O)C=CC2=O)cc1. The van der Waals surface area contributed by atoms with E-state index in [4.69, 9.17) is 9.47 Å². The van der Waals surface area contributed by atoms with Crippen LogP contribution >= 0.6 is 0 Å². The van der Waals surface area contributed by atoms with Gasteiger partial charge in [-0.15, -0.1) is 0 Å². The van der Waals surface area contributed by atoms with Crippen molar-refractivity contribution in [2.24, 2.45) is 0 Å². The van der Waals surface area contributed by atoms with E-state index >= 15 is 0 Å². The highest BCUT2D eigenvalue weighted by atomic mass is 16.5. The smallest absolute Gasteiger partial charge is 0.343 e. The van der Waals surface area contributed by atoms with Crippen LogP contribution < -0.4 is 19.3 Å². The zero-order valence-corrected chi connectivity index (χ0v) is 21.6. The van der Waals surface area contributed by atoms with Crippen LogP contribution in [0.5, 0.6) is 11.5 Å². The van der Waals surface area contributed by atoms with Gasteiger partial charge in [0.25, 0.3) is 23.6 Å². The van der Waals surface area contributed by atoms with Crippen LogP contribution in [0.15, 0.2) is 109 Å². The standard InChI is InChI=1S/C32H18N2O8/c35-27-15-16-28(36)33(27)21-11-7-19(8-12-21)31(39)41-25-5-1-3-23-24(25)4-2-6-26(23)42-32(40)20-9-13-22(14-10-20)34-29(37)17-18-30(34)38/h1-18H. The number of nitrogens with zero attached hydrogens (tertiary/aromatic N) is 2. The maximum absolute atomic E-state index is 12.9. The fraction of sp³-hybridized carbons (Fsp3) is 0. The number of hydrogen-bond donors (Lipinski definition) is 0. The van der Waals surface area contributed by atoms with E-state index in [1.165, 1.54) is 72.8 Å². The van der Waals surface area contributed by atoms with Crippen molar-refractivity contribution in [3.63, 3.8) is 0 Å². The molecule has 0 unspecified atom stereocenters. The van der Waals surface area contributed by atoms with E-state index < -0.39 is 35.6 Å². The van der Waals surface area contributed by atoms with Crippen LogP contribution in [0.2, 0.25) is 0 Å². The molecular weight excluding hydrogens is 540 g/mol. The average Bonchev–Trinajstić information content (AvgIpc) is 3.52. The summed E-state index contributed by atoms with van der Waals surface area (Å²) >= 11 is 0. The molecule has 2 aliphatic rings. The topological polar surface area (TPSA) is 127 Å². The van der Waals surface area contributed by atoms with Crippen molar-refractivity contribution in [1.29, 1.82) is 0 Å². The van der Waals surface area contributed by atoms with Gasteiger partial charge >= 0.3 is 11.9 Å². The van der Waals surface area contributed by atoms with E-state index in [-0.39, 0.29) is 22.6 Å². The molecule has 4 amide bonds. The monoisotopic (exact) mass is 558 g/mol. The Kier molecular flexibility index (Phi) is 6.48. The molecule has 0 N–H and O–H groups in total. The molecule has 0 radical (unpaired) electrons. The van der Waals surface area contributed by atoms with Gasteiger partial charge in [0, 0.05) is 35.1 Å². The molecule has 4 aromatic carbocycles. The second-order valence-corrected chi connectivity index (χ2v) is 9.17. The molecule has 2 aliphatic heterocycles. The zero-order chi connectivity index (χ0) is 29.4. The third kappa shape index (κ3) is 4.73. The first-order valence-corrected chi connectivity index (χ1v) is 12.6. The Labute approximate surface area is 237 Å². The summed E-state index contributed by atoms with van der Waals surface area (Å²) in [5.74, 6) is -2.74. The van der Waals surface area contributed by atoms with Gasteiger partial charge in [-0.25, -0.2) is 19.4 Å². The fourth-order valence-electron chi connectivity index (χ4n) is 4.55. The molecule has 0 spiro atoms. The van der Waals surface area contributed by atoms with Crippen LogP contribution in [-0.4, -0.2) is 35.6 Å². The summed E-state index contributed by atoms with van der Waals surface area (Å²) < 4.78 is 11.3. The van der Waals surface area contributed by atoms with Gasteiger partial charge in [-0.3, -0.25) is 19.2 Å². The number of hydrogen-bond acceptors (Lipinski definition) is 8. The Hall–Kier alpha value is -6.16. The predicted octanol–water partition coefficient (Wildman–Crippen LogP) is 4.14. The van der Waals surface area contributed by atoms with E-state index in [2.05, 4.69) is 0 Å². The molecule has 0 aromatic heterocycles. The van der Waals surface area contributed by atoms with Crippen molar-refractivity contribution >= 4 is 57.7 Å². The van der Waals surface area contributed by atoms with Crippen LogP contribution in [0.25, 0.3) is 10.8 Å². The number of carbonyl (C=O) groups excluding carboxylic acids is 6. The number of fused-ring (bicyclic) bond motifs is 1. The molecule has 0 aliphatic carbocycles. The summed E-state index contributed by atoms with van der Waals surface area (Å²) in [4.78, 5) is 75.4. The van der Waals surface area contributed by atoms with Crippen molar-refractivity contribution in [3.8, 4) is 11.5 Å². The first-order valence-electron chi connectivity index (χ1n) is 12.6. The molecular formula is C32H18N2O8. The van der Waals surface area contributed by atoms with E-state index in [0.29, 0.717) is 22.1 Å². The van der Waals surface area contributed by atoms with Gasteiger partial charge in [-0.2, -0.15) is 0 Å². The van der Waals surface area contributed by atoms with Crippen molar-refractivity contribution in [2.75, 3.05) is 9.80 Å². The highest BCUT2D eigenvalue weighted by Crippen LogP contribution is 2.33. The second-order valence-electron chi connectivity index (χ2n) is 9.17. The number of esters is 2. The van der Waals surface area contributed by atoms with Crippen molar-refractivity contribution in [2.45, 2.75) is 0 Å². The van der Waals surface area contributed by atoms with Crippen LogP contribution in [0.4, 0.5) is 11.4 Å². The molecule has 10 nitrogen and oxygen atoms in total. The lowest BCUT2D eigenvalue weighted by atomic mass is 10.1. The second kappa shape index (κ2) is 10.4. The molecule has 0 saturated heterocycles. The van der Waals surface area contributed by atoms with Gasteiger partial charge in [0.05, 0.1) is 22.5 Å². The number of amides is 4. The summed E-state index contributed by atoms with van der Waals surface area (Å²) in [6, 6.07) is 21.6. The van der Waals surface area contributed by atoms with E-state index in [1.807, 2.05) is 0 Å². The van der Waals surface area contributed by atoms with Crippen molar-refractivity contribution in [3.05, 3.63) is 120 Å². The summed E-state index contributed by atoms with van der Waals surface area (Å²) in [5.41, 5.74) is 1.05. The number of rotatable bonds is 6. The van der Waals surface area contributed by atoms with Crippen LogP contribution in [0, 0.1) is 0 Å². The number of benzene rings is 4. The van der Waals surface area contributed by atoms with Crippen LogP contribution in [-0.2, 0) is 19.2 Å². The molecule has 42 heavy (non-hydrogen) atoms. The predicted molar refractivity (Wildman–Crippen MR) is 150 cm³/mol. The first-order chi connectivity index (χ1) is 20.3. The number of ether oxygens (including phenoxy) is 2. The summed E-state index contributed by atoms with van der Waals surface area (Å²) in [5, 5.41) is 1.03. The lowest BCUT2D eigenvalue weighted by Crippen LogP contribution is -2.29. The quantitative estimate of drug-likeness (QED) is 0.196. The normalized spacial score (nSPS) is 14.3. The molecule has 204 valence electrons. The van der Waals surface area contributed by atoms with E-state index in [1.54, 1.807) is 36.4 Å². The molecule has 0 bridgehead atoms. The Balaban J connectivity index is 1.18. The zero-order valence-electron chi connectivity index (χ0n) is 21.6. The number of anilines is 2. The van der Waals surface area contributed by atoms with Gasteiger partial charge in [0.2, 0.25) is 0 Å². The minimum absolute atomic E-state index is 0.196. The molecule has 6 rings (SSSR count). The fourth-order valence-corrected chi connectivity index (χ4v) is 4.55. The third-order valence-electron chi connectivity index (χ3n) is 6.59. The number of imide groups is 2. The lowest BCUT2D eigenvalue weighted by Gasteiger charge is -2.15. The molecule has 0 fully saturated rings. The first kappa shape index (κ1) is 26.1. The average molecular weight is 559 g/mol. The molecule has 0 saturated carbocycles. The molecule has 2 heterocycles. The van der Waals surface area contributed by atoms with Crippen LogP contribution in [0.1, 0.15) is 20.7 Å². The lowest BCUT2D eigenvalue weighted by molar-refractivity contribution is -0.121. The minimum Gasteiger partial charge on any atom is -0.422 e. The van der Waals surface area contributed by atoms with Gasteiger partial charge in [0.1, 0.15) is 11.5 Å². The molecule has 4 aromatic rings. The van der Waals surface area contributed by atoms with Gasteiger partial charge in [-0.05, 0) is 60.7 Å². The Morgan fingerprint density at radius 3 is 1.12 bits per heavy atom. The van der Waals surface area contributed by atoms with E-state index in [0.717, 1.165) is 9.80 Å². The Bertz CT molecular complexity index is 1710. The summed E-state index contributed by atoms with van der Waals surface area (Å²) in [7, 11) is 0. The van der Waals surface area contributed by atoms with Gasteiger partial charge in [0.15, 0.2) is 0 Å². The van der Waals surface area contributed by atoms with Crippen LogP contribution in [0.3, 0.4) is 0 Å². The largest absolute Gasteiger partial charge is 0.422 e. The highest BCUT2D eigenvalue weighted by molar-refractivity contribution is 6.28.